The van der Waals surface area contributed by atoms with E-state index in [4.69, 9.17) is 4.42 Å². The number of pyridine rings is 1. The largest absolute Gasteiger partial charge is 0.469 e. The van der Waals surface area contributed by atoms with Crippen LogP contribution in [0.3, 0.4) is 0 Å². The molecular weight excluding hydrogens is 281 g/mol. The van der Waals surface area contributed by atoms with Gasteiger partial charge < -0.3 is 9.73 Å². The van der Waals surface area contributed by atoms with Crippen LogP contribution in [-0.2, 0) is 6.18 Å². The van der Waals surface area contributed by atoms with Crippen molar-refractivity contribution < 1.29 is 17.6 Å². The Bertz CT molecular complexity index is 593. The lowest BCUT2D eigenvalue weighted by Crippen LogP contribution is -2.26. The van der Waals surface area contributed by atoms with E-state index in [1.165, 1.54) is 12.5 Å². The fourth-order valence-corrected chi connectivity index (χ4v) is 2.27. The number of aromatic nitrogens is 1. The molecule has 0 spiro atoms. The van der Waals surface area contributed by atoms with Crippen LogP contribution >= 0.6 is 0 Å². The number of alkyl halides is 3. The van der Waals surface area contributed by atoms with E-state index >= 15 is 0 Å². The van der Waals surface area contributed by atoms with E-state index < -0.39 is 17.8 Å². The lowest BCUT2D eigenvalue weighted by molar-refractivity contribution is -0.138. The Morgan fingerprint density at radius 3 is 2.62 bits per heavy atom. The fraction of sp³-hybridized carbons (Fsp3) is 0.400. The maximum absolute atomic E-state index is 13.2. The summed E-state index contributed by atoms with van der Waals surface area (Å²) >= 11 is 0. The highest BCUT2D eigenvalue weighted by molar-refractivity contribution is 5.37. The van der Waals surface area contributed by atoms with Crippen molar-refractivity contribution in [2.24, 2.45) is 0 Å². The quantitative estimate of drug-likeness (QED) is 0.903. The van der Waals surface area contributed by atoms with Gasteiger partial charge in [0.1, 0.15) is 5.76 Å². The van der Waals surface area contributed by atoms with E-state index in [0.717, 1.165) is 18.7 Å². The zero-order valence-corrected chi connectivity index (χ0v) is 11.9. The van der Waals surface area contributed by atoms with Crippen molar-refractivity contribution in [3.8, 4) is 0 Å². The van der Waals surface area contributed by atoms with Crippen LogP contribution in [0.1, 0.15) is 41.8 Å². The van der Waals surface area contributed by atoms with Gasteiger partial charge in [0.25, 0.3) is 0 Å². The van der Waals surface area contributed by atoms with Crippen molar-refractivity contribution in [1.29, 1.82) is 0 Å². The third-order valence-electron chi connectivity index (χ3n) is 3.28. The summed E-state index contributed by atoms with van der Waals surface area (Å²) < 4.78 is 44.8. The standard InChI is InChI=1S/C15H17F3N2O/c1-3-6-20-14(11-5-8-21-10(11)2)12-9-19-7-4-13(12)15(16,17)18/h4-5,7-9,14,20H,3,6H2,1-2H3. The van der Waals surface area contributed by atoms with Crippen LogP contribution < -0.4 is 5.32 Å². The molecule has 0 fully saturated rings. The zero-order chi connectivity index (χ0) is 15.5. The second-order valence-electron chi connectivity index (χ2n) is 4.78. The maximum Gasteiger partial charge on any atom is 0.416 e. The summed E-state index contributed by atoms with van der Waals surface area (Å²) in [5.41, 5.74) is 0.136. The predicted octanol–water partition coefficient (Wildman–Crippen LogP) is 4.09. The van der Waals surface area contributed by atoms with Crippen LogP contribution in [0.25, 0.3) is 0 Å². The first-order valence-corrected chi connectivity index (χ1v) is 6.73. The van der Waals surface area contributed by atoms with Crippen molar-refractivity contribution in [2.75, 3.05) is 6.54 Å². The molecule has 0 bridgehead atoms. The van der Waals surface area contributed by atoms with Gasteiger partial charge in [0, 0.05) is 23.5 Å². The van der Waals surface area contributed by atoms with Crippen LogP contribution in [0.5, 0.6) is 0 Å². The first-order valence-electron chi connectivity index (χ1n) is 6.73. The topological polar surface area (TPSA) is 38.1 Å². The molecule has 0 aliphatic carbocycles. The van der Waals surface area contributed by atoms with E-state index in [-0.39, 0.29) is 5.56 Å². The fourth-order valence-electron chi connectivity index (χ4n) is 2.27. The van der Waals surface area contributed by atoms with E-state index in [1.807, 2.05) is 6.92 Å². The van der Waals surface area contributed by atoms with Gasteiger partial charge in [-0.3, -0.25) is 4.98 Å². The summed E-state index contributed by atoms with van der Waals surface area (Å²) in [4.78, 5) is 3.86. The SMILES string of the molecule is CCCNC(c1cnccc1C(F)(F)F)c1ccoc1C. The number of rotatable bonds is 5. The number of aryl methyl sites for hydroxylation is 1. The Labute approximate surface area is 121 Å². The normalized spacial score (nSPS) is 13.4. The molecule has 2 aromatic rings. The summed E-state index contributed by atoms with van der Waals surface area (Å²) in [6.07, 6.45) is 0.306. The third kappa shape index (κ3) is 3.44. The molecule has 2 rings (SSSR count). The molecule has 2 heterocycles. The maximum atomic E-state index is 13.2. The van der Waals surface area contributed by atoms with Crippen molar-refractivity contribution in [3.63, 3.8) is 0 Å². The van der Waals surface area contributed by atoms with Crippen LogP contribution in [0.4, 0.5) is 13.2 Å². The van der Waals surface area contributed by atoms with Gasteiger partial charge in [-0.2, -0.15) is 13.2 Å². The highest BCUT2D eigenvalue weighted by Crippen LogP contribution is 2.36. The summed E-state index contributed by atoms with van der Waals surface area (Å²) in [6.45, 7) is 4.29. The molecule has 0 aliphatic heterocycles. The molecule has 21 heavy (non-hydrogen) atoms. The minimum absolute atomic E-state index is 0.114. The zero-order valence-electron chi connectivity index (χ0n) is 11.9. The number of furan rings is 1. The molecule has 0 amide bonds. The molecule has 2 aromatic heterocycles. The Morgan fingerprint density at radius 2 is 2.05 bits per heavy atom. The molecule has 0 saturated carbocycles. The molecule has 1 unspecified atom stereocenters. The minimum Gasteiger partial charge on any atom is -0.469 e. The van der Waals surface area contributed by atoms with Crippen LogP contribution in [0.15, 0.2) is 35.2 Å². The van der Waals surface area contributed by atoms with Crippen molar-refractivity contribution in [3.05, 3.63) is 53.2 Å². The molecule has 0 saturated heterocycles. The van der Waals surface area contributed by atoms with Crippen LogP contribution in [-0.4, -0.2) is 11.5 Å². The molecule has 0 aliphatic rings. The number of nitrogens with zero attached hydrogens (tertiary/aromatic N) is 1. The summed E-state index contributed by atoms with van der Waals surface area (Å²) in [5.74, 6) is 0.598. The molecule has 3 nitrogen and oxygen atoms in total. The lowest BCUT2D eigenvalue weighted by Gasteiger charge is -2.22. The second kappa shape index (κ2) is 6.30. The van der Waals surface area contributed by atoms with Gasteiger partial charge in [-0.25, -0.2) is 0 Å². The van der Waals surface area contributed by atoms with Crippen LogP contribution in [0, 0.1) is 6.92 Å². The van der Waals surface area contributed by atoms with E-state index in [0.29, 0.717) is 17.9 Å². The molecular formula is C15H17F3N2O. The third-order valence-corrected chi connectivity index (χ3v) is 3.28. The molecule has 1 atom stereocenters. The Morgan fingerprint density at radius 1 is 1.29 bits per heavy atom. The lowest BCUT2D eigenvalue weighted by atomic mass is 9.96. The van der Waals surface area contributed by atoms with Gasteiger partial charge in [-0.05, 0) is 32.0 Å². The van der Waals surface area contributed by atoms with E-state index in [1.54, 1.807) is 13.0 Å². The summed E-state index contributed by atoms with van der Waals surface area (Å²) in [7, 11) is 0. The molecule has 0 aromatic carbocycles. The number of nitrogens with one attached hydrogen (secondary N) is 1. The van der Waals surface area contributed by atoms with Gasteiger partial charge in [0.05, 0.1) is 17.9 Å². The Kier molecular flexibility index (Phi) is 4.67. The van der Waals surface area contributed by atoms with E-state index in [9.17, 15) is 13.2 Å². The highest BCUT2D eigenvalue weighted by Gasteiger charge is 2.36. The summed E-state index contributed by atoms with van der Waals surface area (Å²) in [5, 5.41) is 3.14. The number of halogens is 3. The average Bonchev–Trinajstić information content (AvgIpc) is 2.85. The highest BCUT2D eigenvalue weighted by atomic mass is 19.4. The van der Waals surface area contributed by atoms with Crippen molar-refractivity contribution in [1.82, 2.24) is 10.3 Å². The van der Waals surface area contributed by atoms with E-state index in [2.05, 4.69) is 10.3 Å². The number of hydrogen-bond donors (Lipinski definition) is 1. The van der Waals surface area contributed by atoms with Crippen molar-refractivity contribution in [2.45, 2.75) is 32.5 Å². The van der Waals surface area contributed by atoms with Gasteiger partial charge >= 0.3 is 6.18 Å². The molecule has 0 radical (unpaired) electrons. The first-order chi connectivity index (χ1) is 9.95. The van der Waals surface area contributed by atoms with Crippen molar-refractivity contribution >= 4 is 0 Å². The Hall–Kier alpha value is -1.82. The van der Waals surface area contributed by atoms with Gasteiger partial charge in [0.15, 0.2) is 0 Å². The van der Waals surface area contributed by atoms with Gasteiger partial charge in [-0.1, -0.05) is 6.92 Å². The Balaban J connectivity index is 2.50. The van der Waals surface area contributed by atoms with Gasteiger partial charge in [0.2, 0.25) is 0 Å². The second-order valence-corrected chi connectivity index (χ2v) is 4.78. The number of hydrogen-bond acceptors (Lipinski definition) is 3. The molecule has 1 N–H and O–H groups in total. The predicted molar refractivity (Wildman–Crippen MR) is 72.8 cm³/mol. The smallest absolute Gasteiger partial charge is 0.416 e. The van der Waals surface area contributed by atoms with Crippen LogP contribution in [0.2, 0.25) is 0 Å². The molecule has 114 valence electrons. The summed E-state index contributed by atoms with van der Waals surface area (Å²) in [6, 6.07) is 2.11. The monoisotopic (exact) mass is 298 g/mol. The van der Waals surface area contributed by atoms with Gasteiger partial charge in [-0.15, -0.1) is 0 Å². The minimum atomic E-state index is -4.41. The molecule has 6 heteroatoms. The first kappa shape index (κ1) is 15.6. The average molecular weight is 298 g/mol.